The lowest BCUT2D eigenvalue weighted by Crippen LogP contribution is -2.47. The van der Waals surface area contributed by atoms with E-state index >= 15 is 0 Å². The van der Waals surface area contributed by atoms with E-state index in [1.54, 1.807) is 12.4 Å². The maximum Gasteiger partial charge on any atom is 0.315 e. The van der Waals surface area contributed by atoms with Crippen molar-refractivity contribution >= 4 is 6.03 Å². The number of nitrogens with zero attached hydrogens (tertiary/aromatic N) is 1. The second kappa shape index (κ2) is 7.58. The Bertz CT molecular complexity index is 468. The number of urea groups is 1. The van der Waals surface area contributed by atoms with Gasteiger partial charge >= 0.3 is 6.03 Å². The van der Waals surface area contributed by atoms with E-state index in [1.165, 1.54) is 0 Å². The van der Waals surface area contributed by atoms with E-state index in [4.69, 9.17) is 5.11 Å². The molecule has 1 aromatic rings. The number of aliphatic hydroxyl groups is 1. The first kappa shape index (κ1) is 16.7. The summed E-state index contributed by atoms with van der Waals surface area (Å²) < 4.78 is 0. The molecule has 1 saturated carbocycles. The molecule has 22 heavy (non-hydrogen) atoms. The highest BCUT2D eigenvalue weighted by molar-refractivity contribution is 5.74. The van der Waals surface area contributed by atoms with E-state index in [9.17, 15) is 4.79 Å². The summed E-state index contributed by atoms with van der Waals surface area (Å²) >= 11 is 0. The second-order valence-corrected chi connectivity index (χ2v) is 6.85. The van der Waals surface area contributed by atoms with Crippen LogP contribution in [0, 0.1) is 5.92 Å². The fourth-order valence-electron chi connectivity index (χ4n) is 2.93. The van der Waals surface area contributed by atoms with Crippen LogP contribution < -0.4 is 10.6 Å². The lowest BCUT2D eigenvalue weighted by Gasteiger charge is -2.29. The van der Waals surface area contributed by atoms with Crippen LogP contribution in [0.1, 0.15) is 45.1 Å². The SMILES string of the molecule is CC(C)(CNC(=O)NC1CCC(CO)CC1)c1ccncc1. The third kappa shape index (κ3) is 4.70. The van der Waals surface area contributed by atoms with Crippen LogP contribution >= 0.6 is 0 Å². The molecule has 0 atom stereocenters. The van der Waals surface area contributed by atoms with E-state index in [-0.39, 0.29) is 24.1 Å². The van der Waals surface area contributed by atoms with Gasteiger partial charge in [-0.15, -0.1) is 0 Å². The number of hydrogen-bond acceptors (Lipinski definition) is 3. The number of amides is 2. The molecular formula is C17H27N3O2. The Morgan fingerprint density at radius 2 is 1.91 bits per heavy atom. The number of pyridine rings is 1. The summed E-state index contributed by atoms with van der Waals surface area (Å²) in [6.07, 6.45) is 7.43. The molecule has 0 radical (unpaired) electrons. The molecule has 0 saturated heterocycles. The number of carbonyl (C=O) groups excluding carboxylic acids is 1. The smallest absolute Gasteiger partial charge is 0.315 e. The van der Waals surface area contributed by atoms with Crippen LogP contribution in [-0.4, -0.2) is 35.3 Å². The maximum atomic E-state index is 12.1. The molecule has 1 aliphatic carbocycles. The molecular weight excluding hydrogens is 278 g/mol. The zero-order valence-electron chi connectivity index (χ0n) is 13.5. The van der Waals surface area contributed by atoms with Crippen molar-refractivity contribution in [1.82, 2.24) is 15.6 Å². The normalized spacial score (nSPS) is 22.1. The van der Waals surface area contributed by atoms with Gasteiger partial charge in [0.15, 0.2) is 0 Å². The molecule has 0 aliphatic heterocycles. The van der Waals surface area contributed by atoms with Gasteiger partial charge in [0, 0.05) is 37.0 Å². The molecule has 0 aromatic carbocycles. The van der Waals surface area contributed by atoms with Crippen molar-refractivity contribution in [3.05, 3.63) is 30.1 Å². The van der Waals surface area contributed by atoms with Gasteiger partial charge in [0.1, 0.15) is 0 Å². The molecule has 5 heteroatoms. The summed E-state index contributed by atoms with van der Waals surface area (Å²) in [5.74, 6) is 0.409. The van der Waals surface area contributed by atoms with E-state index in [0.717, 1.165) is 31.2 Å². The summed E-state index contributed by atoms with van der Waals surface area (Å²) in [4.78, 5) is 16.1. The van der Waals surface area contributed by atoms with Crippen LogP contribution in [-0.2, 0) is 5.41 Å². The molecule has 5 nitrogen and oxygen atoms in total. The van der Waals surface area contributed by atoms with E-state index in [0.29, 0.717) is 12.5 Å². The summed E-state index contributed by atoms with van der Waals surface area (Å²) in [6, 6.07) is 4.09. The van der Waals surface area contributed by atoms with Gasteiger partial charge < -0.3 is 15.7 Å². The summed E-state index contributed by atoms with van der Waals surface area (Å²) in [7, 11) is 0. The second-order valence-electron chi connectivity index (χ2n) is 6.85. The summed E-state index contributed by atoms with van der Waals surface area (Å²) in [5, 5.41) is 15.2. The third-order valence-electron chi connectivity index (χ3n) is 4.59. The fourth-order valence-corrected chi connectivity index (χ4v) is 2.93. The van der Waals surface area contributed by atoms with E-state index in [1.807, 2.05) is 12.1 Å². The largest absolute Gasteiger partial charge is 0.396 e. The Balaban J connectivity index is 1.76. The highest BCUT2D eigenvalue weighted by atomic mass is 16.3. The molecule has 0 bridgehead atoms. The zero-order valence-corrected chi connectivity index (χ0v) is 13.5. The summed E-state index contributed by atoms with van der Waals surface area (Å²) in [6.45, 7) is 5.05. The minimum Gasteiger partial charge on any atom is -0.396 e. The third-order valence-corrected chi connectivity index (χ3v) is 4.59. The Hall–Kier alpha value is -1.62. The average Bonchev–Trinajstić information content (AvgIpc) is 2.55. The van der Waals surface area contributed by atoms with Crippen molar-refractivity contribution in [2.24, 2.45) is 5.92 Å². The van der Waals surface area contributed by atoms with Crippen molar-refractivity contribution in [3.8, 4) is 0 Å². The lowest BCUT2D eigenvalue weighted by molar-refractivity contribution is 0.174. The average molecular weight is 305 g/mol. The number of carbonyl (C=O) groups is 1. The minimum absolute atomic E-state index is 0.102. The maximum absolute atomic E-state index is 12.1. The van der Waals surface area contributed by atoms with Crippen molar-refractivity contribution in [2.75, 3.05) is 13.2 Å². The molecule has 122 valence electrons. The number of nitrogens with one attached hydrogen (secondary N) is 2. The van der Waals surface area contributed by atoms with E-state index < -0.39 is 0 Å². The van der Waals surface area contributed by atoms with Gasteiger partial charge in [0.2, 0.25) is 0 Å². The highest BCUT2D eigenvalue weighted by Gasteiger charge is 2.24. The molecule has 0 spiro atoms. The van der Waals surface area contributed by atoms with Gasteiger partial charge in [0.25, 0.3) is 0 Å². The standard InChI is InChI=1S/C17H27N3O2/c1-17(2,14-7-9-18-10-8-14)12-19-16(22)20-15-5-3-13(11-21)4-6-15/h7-10,13,15,21H,3-6,11-12H2,1-2H3,(H2,19,20,22). The van der Waals surface area contributed by atoms with Gasteiger partial charge in [-0.1, -0.05) is 13.8 Å². The molecule has 1 aliphatic rings. The van der Waals surface area contributed by atoms with Gasteiger partial charge in [-0.2, -0.15) is 0 Å². The van der Waals surface area contributed by atoms with Crippen molar-refractivity contribution in [1.29, 1.82) is 0 Å². The Kier molecular flexibility index (Phi) is 5.77. The topological polar surface area (TPSA) is 74.2 Å². The van der Waals surface area contributed by atoms with Crippen molar-refractivity contribution in [2.45, 2.75) is 51.0 Å². The van der Waals surface area contributed by atoms with Crippen molar-refractivity contribution < 1.29 is 9.90 Å². The van der Waals surface area contributed by atoms with Crippen LogP contribution in [0.15, 0.2) is 24.5 Å². The van der Waals surface area contributed by atoms with Crippen LogP contribution in [0.5, 0.6) is 0 Å². The van der Waals surface area contributed by atoms with Gasteiger partial charge in [-0.25, -0.2) is 4.79 Å². The Labute approximate surface area is 132 Å². The molecule has 1 fully saturated rings. The van der Waals surface area contributed by atoms with Crippen LogP contribution in [0.25, 0.3) is 0 Å². The molecule has 0 unspecified atom stereocenters. The molecule has 1 heterocycles. The predicted octanol–water partition coefficient (Wildman–Crippen LogP) is 2.21. The minimum atomic E-state index is -0.130. The number of aliphatic hydroxyl groups excluding tert-OH is 1. The zero-order chi connectivity index (χ0) is 16.0. The van der Waals surface area contributed by atoms with E-state index in [2.05, 4.69) is 29.5 Å². The monoisotopic (exact) mass is 305 g/mol. The Morgan fingerprint density at radius 3 is 2.50 bits per heavy atom. The lowest BCUT2D eigenvalue weighted by atomic mass is 9.85. The Morgan fingerprint density at radius 1 is 1.27 bits per heavy atom. The summed E-state index contributed by atoms with van der Waals surface area (Å²) in [5.41, 5.74) is 1.03. The number of hydrogen-bond donors (Lipinski definition) is 3. The highest BCUT2D eigenvalue weighted by Crippen LogP contribution is 2.24. The van der Waals surface area contributed by atoms with Crippen LogP contribution in [0.2, 0.25) is 0 Å². The van der Waals surface area contributed by atoms with Crippen molar-refractivity contribution in [3.63, 3.8) is 0 Å². The first-order chi connectivity index (χ1) is 10.5. The first-order valence-electron chi connectivity index (χ1n) is 8.07. The predicted molar refractivity (Wildman–Crippen MR) is 86.6 cm³/mol. The van der Waals surface area contributed by atoms with Crippen LogP contribution in [0.3, 0.4) is 0 Å². The number of aromatic nitrogens is 1. The van der Waals surface area contributed by atoms with Crippen LogP contribution in [0.4, 0.5) is 4.79 Å². The molecule has 3 N–H and O–H groups in total. The van der Waals surface area contributed by atoms with Gasteiger partial charge in [-0.3, -0.25) is 4.98 Å². The fraction of sp³-hybridized carbons (Fsp3) is 0.647. The van der Waals surface area contributed by atoms with Gasteiger partial charge in [-0.05, 0) is 49.3 Å². The molecule has 2 rings (SSSR count). The first-order valence-corrected chi connectivity index (χ1v) is 8.07. The van der Waals surface area contributed by atoms with Gasteiger partial charge in [0.05, 0.1) is 0 Å². The molecule has 2 amide bonds. The quantitative estimate of drug-likeness (QED) is 0.781. The number of rotatable bonds is 5. The molecule has 1 aromatic heterocycles.